The predicted octanol–water partition coefficient (Wildman–Crippen LogP) is 2.94. The number of halogens is 3. The number of rotatable bonds is 1. The van der Waals surface area contributed by atoms with Crippen LogP contribution in [0.15, 0.2) is 30.5 Å². The Bertz CT molecular complexity index is 870. The van der Waals surface area contributed by atoms with Gasteiger partial charge in [-0.25, -0.2) is 0 Å². The number of nitrogens with two attached hydrogens (primary N) is 1. The van der Waals surface area contributed by atoms with Gasteiger partial charge >= 0.3 is 6.18 Å². The van der Waals surface area contributed by atoms with Crippen LogP contribution < -0.4 is 5.73 Å². The van der Waals surface area contributed by atoms with Crippen LogP contribution in [-0.2, 0) is 13.2 Å². The van der Waals surface area contributed by atoms with E-state index in [0.29, 0.717) is 17.0 Å². The number of aromatic hydroxyl groups is 1. The lowest BCUT2D eigenvalue weighted by atomic mass is 10.1. The van der Waals surface area contributed by atoms with Crippen LogP contribution in [0.2, 0.25) is 0 Å². The fourth-order valence-corrected chi connectivity index (χ4v) is 2.33. The molecule has 114 valence electrons. The van der Waals surface area contributed by atoms with E-state index in [-0.39, 0.29) is 17.1 Å². The lowest BCUT2D eigenvalue weighted by Gasteiger charge is -2.11. The minimum Gasteiger partial charge on any atom is -0.507 e. The van der Waals surface area contributed by atoms with Gasteiger partial charge in [-0.2, -0.15) is 13.2 Å². The van der Waals surface area contributed by atoms with Crippen LogP contribution in [0.25, 0.3) is 22.2 Å². The van der Waals surface area contributed by atoms with Crippen LogP contribution >= 0.6 is 0 Å². The summed E-state index contributed by atoms with van der Waals surface area (Å²) >= 11 is 0. The molecular formula is C14H11F3N4O. The van der Waals surface area contributed by atoms with Crippen molar-refractivity contribution in [3.63, 3.8) is 0 Å². The summed E-state index contributed by atoms with van der Waals surface area (Å²) in [5, 5.41) is 18.3. The molecule has 0 bridgehead atoms. The molecule has 3 aromatic rings. The third-order valence-corrected chi connectivity index (χ3v) is 3.41. The van der Waals surface area contributed by atoms with Crippen molar-refractivity contribution in [1.82, 2.24) is 14.8 Å². The summed E-state index contributed by atoms with van der Waals surface area (Å²) in [5.74, 6) is -0.304. The molecule has 0 spiro atoms. The maximum absolute atomic E-state index is 12.7. The second kappa shape index (κ2) is 4.62. The van der Waals surface area contributed by atoms with Gasteiger partial charge in [0.2, 0.25) is 0 Å². The number of hydrogen-bond acceptors (Lipinski definition) is 4. The van der Waals surface area contributed by atoms with E-state index >= 15 is 0 Å². The SMILES string of the molecule is Cn1ccc2c(N)nnc(-c3ccc(C(F)(F)F)cc3O)c21. The van der Waals surface area contributed by atoms with Crippen molar-refractivity contribution < 1.29 is 18.3 Å². The molecule has 3 rings (SSSR count). The average molecular weight is 308 g/mol. The molecule has 0 saturated carbocycles. The molecule has 5 nitrogen and oxygen atoms in total. The van der Waals surface area contributed by atoms with Crippen LogP contribution in [-0.4, -0.2) is 19.9 Å². The van der Waals surface area contributed by atoms with Gasteiger partial charge in [0, 0.05) is 24.2 Å². The van der Waals surface area contributed by atoms with E-state index in [9.17, 15) is 18.3 Å². The first kappa shape index (κ1) is 14.2. The van der Waals surface area contributed by atoms with Gasteiger partial charge < -0.3 is 15.4 Å². The van der Waals surface area contributed by atoms with Crippen molar-refractivity contribution in [2.45, 2.75) is 6.18 Å². The Balaban J connectivity index is 2.25. The van der Waals surface area contributed by atoms with Gasteiger partial charge in [0.05, 0.1) is 11.1 Å². The highest BCUT2D eigenvalue weighted by atomic mass is 19.4. The lowest BCUT2D eigenvalue weighted by molar-refractivity contribution is -0.137. The number of phenolic OH excluding ortho intramolecular Hbond substituents is 1. The Morgan fingerprint density at radius 1 is 1.18 bits per heavy atom. The summed E-state index contributed by atoms with van der Waals surface area (Å²) in [6, 6.07) is 4.46. The van der Waals surface area contributed by atoms with E-state index in [2.05, 4.69) is 10.2 Å². The Morgan fingerprint density at radius 2 is 1.91 bits per heavy atom. The summed E-state index contributed by atoms with van der Waals surface area (Å²) in [5.41, 5.74) is 5.82. The number of aromatic nitrogens is 3. The average Bonchev–Trinajstić information content (AvgIpc) is 2.82. The molecule has 0 aliphatic rings. The summed E-state index contributed by atoms with van der Waals surface area (Å²) < 4.78 is 39.7. The number of nitrogen functional groups attached to an aromatic ring is 1. The number of fused-ring (bicyclic) bond motifs is 1. The Morgan fingerprint density at radius 3 is 2.55 bits per heavy atom. The molecule has 3 N–H and O–H groups in total. The largest absolute Gasteiger partial charge is 0.507 e. The zero-order valence-corrected chi connectivity index (χ0v) is 11.4. The highest BCUT2D eigenvalue weighted by Crippen LogP contribution is 2.38. The molecule has 0 amide bonds. The molecule has 0 radical (unpaired) electrons. The van der Waals surface area contributed by atoms with Crippen LogP contribution in [0.4, 0.5) is 19.0 Å². The molecule has 1 aromatic carbocycles. The van der Waals surface area contributed by atoms with Crippen molar-refractivity contribution in [1.29, 1.82) is 0 Å². The van der Waals surface area contributed by atoms with Crippen molar-refractivity contribution in [3.8, 4) is 17.0 Å². The second-order valence-electron chi connectivity index (χ2n) is 4.85. The predicted molar refractivity (Wildman–Crippen MR) is 75.0 cm³/mol. The molecular weight excluding hydrogens is 297 g/mol. The number of anilines is 1. The molecule has 0 aliphatic heterocycles. The number of aryl methyl sites for hydroxylation is 1. The van der Waals surface area contributed by atoms with Gasteiger partial charge in [-0.3, -0.25) is 0 Å². The smallest absolute Gasteiger partial charge is 0.416 e. The Hall–Kier alpha value is -2.77. The summed E-state index contributed by atoms with van der Waals surface area (Å²) in [6.07, 6.45) is -2.79. The minimum atomic E-state index is -4.52. The standard InChI is InChI=1S/C14H11F3N4O/c1-21-5-4-9-12(21)11(19-20-13(9)18)8-3-2-7(6-10(8)22)14(15,16)17/h2-6,22H,1H3,(H2,18,20). The van der Waals surface area contributed by atoms with Crippen LogP contribution in [0.3, 0.4) is 0 Å². The van der Waals surface area contributed by atoms with E-state index in [1.54, 1.807) is 23.9 Å². The molecule has 2 heterocycles. The number of alkyl halides is 3. The summed E-state index contributed by atoms with van der Waals surface area (Å²) in [7, 11) is 1.74. The zero-order valence-electron chi connectivity index (χ0n) is 11.4. The van der Waals surface area contributed by atoms with Gasteiger partial charge in [-0.1, -0.05) is 0 Å². The van der Waals surface area contributed by atoms with E-state index in [1.165, 1.54) is 6.07 Å². The normalized spacial score (nSPS) is 12.0. The van der Waals surface area contributed by atoms with E-state index in [1.807, 2.05) is 0 Å². The topological polar surface area (TPSA) is 77.0 Å². The molecule has 2 aromatic heterocycles. The molecule has 0 unspecified atom stereocenters. The maximum atomic E-state index is 12.7. The summed E-state index contributed by atoms with van der Waals surface area (Å²) in [4.78, 5) is 0. The lowest BCUT2D eigenvalue weighted by Crippen LogP contribution is -2.05. The van der Waals surface area contributed by atoms with Crippen molar-refractivity contribution in [3.05, 3.63) is 36.0 Å². The third-order valence-electron chi connectivity index (χ3n) is 3.41. The highest BCUT2D eigenvalue weighted by molar-refractivity contribution is 5.98. The quantitative estimate of drug-likeness (QED) is 0.724. The maximum Gasteiger partial charge on any atom is 0.416 e. The third kappa shape index (κ3) is 2.12. The first-order valence-electron chi connectivity index (χ1n) is 6.27. The number of phenols is 1. The van der Waals surface area contributed by atoms with Crippen LogP contribution in [0.5, 0.6) is 5.75 Å². The second-order valence-corrected chi connectivity index (χ2v) is 4.85. The monoisotopic (exact) mass is 308 g/mol. The zero-order chi connectivity index (χ0) is 16.1. The first-order valence-corrected chi connectivity index (χ1v) is 6.27. The Labute approximate surface area is 122 Å². The van der Waals surface area contributed by atoms with Gasteiger partial charge in [0.15, 0.2) is 5.82 Å². The van der Waals surface area contributed by atoms with Crippen molar-refractivity contribution in [2.24, 2.45) is 7.05 Å². The van der Waals surface area contributed by atoms with Crippen LogP contribution in [0.1, 0.15) is 5.56 Å². The van der Waals surface area contributed by atoms with Gasteiger partial charge in [-0.05, 0) is 24.3 Å². The van der Waals surface area contributed by atoms with Gasteiger partial charge in [0.25, 0.3) is 0 Å². The van der Waals surface area contributed by atoms with E-state index in [4.69, 9.17) is 5.73 Å². The molecule has 8 heteroatoms. The molecule has 0 fully saturated rings. The number of nitrogens with zero attached hydrogens (tertiary/aromatic N) is 3. The van der Waals surface area contributed by atoms with Crippen molar-refractivity contribution in [2.75, 3.05) is 5.73 Å². The molecule has 22 heavy (non-hydrogen) atoms. The number of hydrogen-bond donors (Lipinski definition) is 2. The van der Waals surface area contributed by atoms with Crippen LogP contribution in [0, 0.1) is 0 Å². The minimum absolute atomic E-state index is 0.160. The first-order chi connectivity index (χ1) is 10.3. The fourth-order valence-electron chi connectivity index (χ4n) is 2.33. The van der Waals surface area contributed by atoms with E-state index in [0.717, 1.165) is 6.07 Å². The molecule has 0 saturated heterocycles. The molecule has 0 aliphatic carbocycles. The van der Waals surface area contributed by atoms with E-state index < -0.39 is 17.5 Å². The number of benzene rings is 1. The van der Waals surface area contributed by atoms with Gasteiger partial charge in [0.1, 0.15) is 11.4 Å². The Kier molecular flexibility index (Phi) is 2.98. The van der Waals surface area contributed by atoms with Gasteiger partial charge in [-0.15, -0.1) is 10.2 Å². The summed E-state index contributed by atoms with van der Waals surface area (Å²) in [6.45, 7) is 0. The molecule has 0 atom stereocenters. The fraction of sp³-hybridized carbons (Fsp3) is 0.143. The van der Waals surface area contributed by atoms with Crippen molar-refractivity contribution >= 4 is 16.7 Å². The highest BCUT2D eigenvalue weighted by Gasteiger charge is 2.31.